The van der Waals surface area contributed by atoms with E-state index in [1.54, 1.807) is 54.6 Å². The Bertz CT molecular complexity index is 1270. The lowest BCUT2D eigenvalue weighted by Crippen LogP contribution is -2.20. The van der Waals surface area contributed by atoms with E-state index >= 15 is 0 Å². The summed E-state index contributed by atoms with van der Waals surface area (Å²) in [7, 11) is 0. The van der Waals surface area contributed by atoms with Gasteiger partial charge in [0.2, 0.25) is 0 Å². The van der Waals surface area contributed by atoms with Gasteiger partial charge >= 0.3 is 0 Å². The van der Waals surface area contributed by atoms with Gasteiger partial charge < -0.3 is 24.8 Å². The fraction of sp³-hybridized carbons (Fsp3) is 0.179. The number of nitrogens with zero attached hydrogens (tertiary/aromatic N) is 1. The first kappa shape index (κ1) is 25.8. The van der Waals surface area contributed by atoms with Crippen LogP contribution in [0.2, 0.25) is 0 Å². The lowest BCUT2D eigenvalue weighted by Gasteiger charge is -2.13. The minimum Gasteiger partial charge on any atom is -0.492 e. The highest BCUT2D eigenvalue weighted by Crippen LogP contribution is 2.30. The van der Waals surface area contributed by atoms with E-state index < -0.39 is 5.91 Å². The van der Waals surface area contributed by atoms with E-state index in [1.165, 1.54) is 6.08 Å². The predicted octanol–water partition coefficient (Wildman–Crippen LogP) is 5.05. The van der Waals surface area contributed by atoms with Crippen LogP contribution in [0.3, 0.4) is 0 Å². The van der Waals surface area contributed by atoms with E-state index in [9.17, 15) is 14.9 Å². The number of carbonyl (C=O) groups excluding carboxylic acids is 2. The van der Waals surface area contributed by atoms with Crippen molar-refractivity contribution in [3.8, 4) is 23.3 Å². The fourth-order valence-electron chi connectivity index (χ4n) is 3.22. The van der Waals surface area contributed by atoms with Gasteiger partial charge in [-0.15, -0.1) is 0 Å². The molecule has 0 unspecified atom stereocenters. The molecule has 3 aromatic rings. The van der Waals surface area contributed by atoms with E-state index in [1.807, 2.05) is 38.1 Å². The van der Waals surface area contributed by atoms with Crippen LogP contribution in [-0.2, 0) is 9.59 Å². The molecule has 3 aromatic carbocycles. The van der Waals surface area contributed by atoms with Gasteiger partial charge in [0.25, 0.3) is 11.8 Å². The van der Waals surface area contributed by atoms with E-state index in [4.69, 9.17) is 14.2 Å². The Labute approximate surface area is 210 Å². The van der Waals surface area contributed by atoms with Crippen molar-refractivity contribution in [2.45, 2.75) is 13.8 Å². The highest BCUT2D eigenvalue weighted by atomic mass is 16.5. The van der Waals surface area contributed by atoms with Crippen molar-refractivity contribution in [2.75, 3.05) is 30.5 Å². The molecule has 0 aliphatic heterocycles. The fourth-order valence-corrected chi connectivity index (χ4v) is 3.22. The Morgan fingerprint density at radius 2 is 1.53 bits per heavy atom. The van der Waals surface area contributed by atoms with Crippen molar-refractivity contribution in [3.05, 3.63) is 83.9 Å². The average molecular weight is 486 g/mol. The first-order chi connectivity index (χ1) is 17.5. The summed E-state index contributed by atoms with van der Waals surface area (Å²) in [4.78, 5) is 25.0. The number of benzene rings is 3. The zero-order valence-corrected chi connectivity index (χ0v) is 20.1. The second kappa shape index (κ2) is 13.2. The minimum absolute atomic E-state index is 0.0975. The highest BCUT2D eigenvalue weighted by Gasteiger charge is 2.14. The van der Waals surface area contributed by atoms with Crippen LogP contribution in [-0.4, -0.2) is 31.6 Å². The SMILES string of the molecule is CCOc1ccccc1NC(=O)/C(C#N)=C/c1ccc(OCC(=O)Nc2ccccc2)c(OCC)c1. The van der Waals surface area contributed by atoms with Gasteiger partial charge in [0.15, 0.2) is 18.1 Å². The molecule has 0 radical (unpaired) electrons. The number of nitrogens with one attached hydrogen (secondary N) is 2. The Kier molecular flexibility index (Phi) is 9.48. The minimum atomic E-state index is -0.569. The van der Waals surface area contributed by atoms with Gasteiger partial charge in [0.05, 0.1) is 18.9 Å². The van der Waals surface area contributed by atoms with Gasteiger partial charge in [-0.05, 0) is 61.9 Å². The smallest absolute Gasteiger partial charge is 0.266 e. The Morgan fingerprint density at radius 1 is 0.833 bits per heavy atom. The summed E-state index contributed by atoms with van der Waals surface area (Å²) in [5, 5.41) is 15.1. The van der Waals surface area contributed by atoms with Crippen molar-refractivity contribution in [2.24, 2.45) is 0 Å². The summed E-state index contributed by atoms with van der Waals surface area (Å²) >= 11 is 0. The van der Waals surface area contributed by atoms with Crippen molar-refractivity contribution in [1.29, 1.82) is 5.26 Å². The Balaban J connectivity index is 1.72. The summed E-state index contributed by atoms with van der Waals surface area (Å²) in [5.74, 6) is 0.384. The number of anilines is 2. The quantitative estimate of drug-likeness (QED) is 0.291. The van der Waals surface area contributed by atoms with E-state index in [0.717, 1.165) is 0 Å². The van der Waals surface area contributed by atoms with Crippen molar-refractivity contribution >= 4 is 29.3 Å². The molecule has 2 amide bonds. The second-order valence-corrected chi connectivity index (χ2v) is 7.40. The van der Waals surface area contributed by atoms with Crippen LogP contribution in [0.4, 0.5) is 11.4 Å². The molecule has 184 valence electrons. The maximum Gasteiger partial charge on any atom is 0.266 e. The monoisotopic (exact) mass is 485 g/mol. The molecule has 8 nitrogen and oxygen atoms in total. The average Bonchev–Trinajstić information content (AvgIpc) is 2.88. The molecule has 0 saturated carbocycles. The van der Waals surface area contributed by atoms with E-state index in [-0.39, 0.29) is 18.1 Å². The summed E-state index contributed by atoms with van der Waals surface area (Å²) in [6, 6.07) is 22.9. The topological polar surface area (TPSA) is 110 Å². The van der Waals surface area contributed by atoms with Crippen LogP contribution in [0.25, 0.3) is 6.08 Å². The third-order valence-corrected chi connectivity index (χ3v) is 4.80. The molecule has 0 atom stereocenters. The van der Waals surface area contributed by atoms with Crippen molar-refractivity contribution in [3.63, 3.8) is 0 Å². The number of nitriles is 1. The molecule has 0 bridgehead atoms. The lowest BCUT2D eigenvalue weighted by atomic mass is 10.1. The number of hydrogen-bond acceptors (Lipinski definition) is 6. The van der Waals surface area contributed by atoms with Gasteiger partial charge in [-0.25, -0.2) is 0 Å². The normalized spacial score (nSPS) is 10.6. The maximum atomic E-state index is 12.8. The van der Waals surface area contributed by atoms with E-state index in [0.29, 0.717) is 47.4 Å². The van der Waals surface area contributed by atoms with Crippen LogP contribution in [0.5, 0.6) is 17.2 Å². The molecular formula is C28H27N3O5. The molecule has 8 heteroatoms. The van der Waals surface area contributed by atoms with Crippen LogP contribution >= 0.6 is 0 Å². The van der Waals surface area contributed by atoms with Gasteiger partial charge in [0, 0.05) is 5.69 Å². The molecular weight excluding hydrogens is 458 g/mol. The zero-order valence-electron chi connectivity index (χ0n) is 20.1. The summed E-state index contributed by atoms with van der Waals surface area (Å²) in [5.41, 5.74) is 1.60. The number of para-hydroxylation sites is 3. The Hall–Kier alpha value is -4.77. The second-order valence-electron chi connectivity index (χ2n) is 7.40. The Morgan fingerprint density at radius 3 is 2.25 bits per heavy atom. The zero-order chi connectivity index (χ0) is 25.8. The molecule has 2 N–H and O–H groups in total. The van der Waals surface area contributed by atoms with Gasteiger partial charge in [0.1, 0.15) is 17.4 Å². The molecule has 0 aliphatic carbocycles. The first-order valence-electron chi connectivity index (χ1n) is 11.4. The number of hydrogen-bond donors (Lipinski definition) is 2. The van der Waals surface area contributed by atoms with Crippen LogP contribution in [0.15, 0.2) is 78.4 Å². The summed E-state index contributed by atoms with van der Waals surface area (Å²) < 4.78 is 16.8. The molecule has 36 heavy (non-hydrogen) atoms. The number of amides is 2. The molecule has 3 rings (SSSR count). The number of ether oxygens (including phenoxy) is 3. The van der Waals surface area contributed by atoms with Gasteiger partial charge in [-0.3, -0.25) is 9.59 Å². The van der Waals surface area contributed by atoms with Crippen LogP contribution in [0, 0.1) is 11.3 Å². The maximum absolute atomic E-state index is 12.8. The standard InChI is InChI=1S/C28H27N3O5/c1-3-34-24-13-9-8-12-23(24)31-28(33)21(18-29)16-20-14-15-25(26(17-20)35-4-2)36-19-27(32)30-22-10-6-5-7-11-22/h5-17H,3-4,19H2,1-2H3,(H,30,32)(H,31,33)/b21-16+. The van der Waals surface area contributed by atoms with Gasteiger partial charge in [-0.1, -0.05) is 36.4 Å². The number of rotatable bonds is 11. The van der Waals surface area contributed by atoms with Crippen molar-refractivity contribution < 1.29 is 23.8 Å². The summed E-state index contributed by atoms with van der Waals surface area (Å²) in [6.45, 7) is 4.25. The van der Waals surface area contributed by atoms with Crippen molar-refractivity contribution in [1.82, 2.24) is 0 Å². The molecule has 0 aromatic heterocycles. The molecule has 0 heterocycles. The molecule has 0 spiro atoms. The number of carbonyl (C=O) groups is 2. The molecule has 0 saturated heterocycles. The van der Waals surface area contributed by atoms with Gasteiger partial charge in [-0.2, -0.15) is 5.26 Å². The first-order valence-corrected chi connectivity index (χ1v) is 11.4. The van der Waals surface area contributed by atoms with E-state index in [2.05, 4.69) is 10.6 Å². The molecule has 0 aliphatic rings. The summed E-state index contributed by atoms with van der Waals surface area (Å²) in [6.07, 6.45) is 1.45. The largest absolute Gasteiger partial charge is 0.492 e. The molecule has 0 fully saturated rings. The van der Waals surface area contributed by atoms with Crippen LogP contribution in [0.1, 0.15) is 19.4 Å². The third-order valence-electron chi connectivity index (χ3n) is 4.80. The highest BCUT2D eigenvalue weighted by molar-refractivity contribution is 6.10. The lowest BCUT2D eigenvalue weighted by molar-refractivity contribution is -0.118. The van der Waals surface area contributed by atoms with Crippen LogP contribution < -0.4 is 24.8 Å². The predicted molar refractivity (Wildman–Crippen MR) is 138 cm³/mol. The third kappa shape index (κ3) is 7.37.